The molecule has 4 rings (SSSR count). The number of carbonyl (C=O) groups is 1. The molecule has 2 aromatic carbocycles. The molecule has 0 radical (unpaired) electrons. The maximum absolute atomic E-state index is 12.3. The van der Waals surface area contributed by atoms with Gasteiger partial charge >= 0.3 is 0 Å². The molecule has 1 fully saturated rings. The van der Waals surface area contributed by atoms with Gasteiger partial charge in [-0.1, -0.05) is 41.4 Å². The Bertz CT molecular complexity index is 1060. The minimum absolute atomic E-state index is 0.0964. The van der Waals surface area contributed by atoms with E-state index in [0.29, 0.717) is 10.0 Å². The number of likely N-dealkylation sites (tertiary alicyclic amines) is 1. The SMILES string of the molecule is CC(=O)N(c1ccccc1)C1CCN(Cc2nc(-c3ccc(Cl)c(Cl)c3)[nH]c2C)CC1. The molecule has 2 heterocycles. The van der Waals surface area contributed by atoms with Crippen LogP contribution >= 0.6 is 23.2 Å². The summed E-state index contributed by atoms with van der Waals surface area (Å²) in [5.74, 6) is 0.895. The van der Waals surface area contributed by atoms with Crippen molar-refractivity contribution in [3.05, 3.63) is 70.0 Å². The van der Waals surface area contributed by atoms with E-state index in [0.717, 1.165) is 60.9 Å². The maximum atomic E-state index is 12.3. The molecule has 1 aromatic heterocycles. The number of aromatic nitrogens is 2. The van der Waals surface area contributed by atoms with Gasteiger partial charge in [0.15, 0.2) is 0 Å². The molecule has 0 unspecified atom stereocenters. The third-order valence-electron chi connectivity index (χ3n) is 5.85. The lowest BCUT2D eigenvalue weighted by Crippen LogP contribution is -2.46. The predicted octanol–water partition coefficient (Wildman–Crippen LogP) is 5.71. The predicted molar refractivity (Wildman–Crippen MR) is 127 cm³/mol. The largest absolute Gasteiger partial charge is 0.342 e. The first-order valence-corrected chi connectivity index (χ1v) is 11.3. The minimum atomic E-state index is 0.0964. The number of benzene rings is 2. The standard InChI is InChI=1S/C24H26Cl2N4O/c1-16-23(28-24(27-16)18-8-9-21(25)22(26)14-18)15-29-12-10-20(11-13-29)30(17(2)31)19-6-4-3-5-7-19/h3-9,14,20H,10-13,15H2,1-2H3,(H,27,28). The topological polar surface area (TPSA) is 52.2 Å². The van der Waals surface area contributed by atoms with Gasteiger partial charge in [-0.05, 0) is 50.1 Å². The van der Waals surface area contributed by atoms with Crippen LogP contribution < -0.4 is 4.90 Å². The molecule has 0 spiro atoms. The lowest BCUT2D eigenvalue weighted by Gasteiger charge is -2.38. The van der Waals surface area contributed by atoms with Crippen LogP contribution in [-0.2, 0) is 11.3 Å². The number of imidazole rings is 1. The van der Waals surface area contributed by atoms with Gasteiger partial charge in [-0.15, -0.1) is 0 Å². The number of halogens is 2. The minimum Gasteiger partial charge on any atom is -0.342 e. The van der Waals surface area contributed by atoms with Crippen molar-refractivity contribution < 1.29 is 4.79 Å². The van der Waals surface area contributed by atoms with Gasteiger partial charge < -0.3 is 9.88 Å². The average Bonchev–Trinajstić information content (AvgIpc) is 3.12. The second kappa shape index (κ2) is 9.43. The highest BCUT2D eigenvalue weighted by Crippen LogP contribution is 2.29. The Morgan fingerprint density at radius 2 is 1.84 bits per heavy atom. The quantitative estimate of drug-likeness (QED) is 0.534. The summed E-state index contributed by atoms with van der Waals surface area (Å²) in [5, 5.41) is 1.05. The Morgan fingerprint density at radius 1 is 1.13 bits per heavy atom. The van der Waals surface area contributed by atoms with E-state index in [4.69, 9.17) is 28.2 Å². The molecule has 7 heteroatoms. The van der Waals surface area contributed by atoms with Crippen molar-refractivity contribution in [3.8, 4) is 11.4 Å². The number of para-hydroxylation sites is 1. The van der Waals surface area contributed by atoms with Crippen LogP contribution in [0.15, 0.2) is 48.5 Å². The zero-order valence-corrected chi connectivity index (χ0v) is 19.2. The van der Waals surface area contributed by atoms with Gasteiger partial charge in [0.2, 0.25) is 5.91 Å². The Morgan fingerprint density at radius 3 is 2.48 bits per heavy atom. The van der Waals surface area contributed by atoms with Crippen LogP contribution in [0.5, 0.6) is 0 Å². The summed E-state index contributed by atoms with van der Waals surface area (Å²) >= 11 is 12.2. The molecule has 162 valence electrons. The summed E-state index contributed by atoms with van der Waals surface area (Å²) in [4.78, 5) is 24.9. The molecule has 0 saturated carbocycles. The fourth-order valence-electron chi connectivity index (χ4n) is 4.22. The van der Waals surface area contributed by atoms with Gasteiger partial charge in [0.1, 0.15) is 5.82 Å². The molecule has 0 aliphatic carbocycles. The number of nitrogens with zero attached hydrogens (tertiary/aromatic N) is 3. The zero-order valence-electron chi connectivity index (χ0n) is 17.7. The fourth-order valence-corrected chi connectivity index (χ4v) is 4.51. The monoisotopic (exact) mass is 456 g/mol. The van der Waals surface area contributed by atoms with Gasteiger partial charge in [0, 0.05) is 49.5 Å². The Hall–Kier alpha value is -2.34. The fraction of sp³-hybridized carbons (Fsp3) is 0.333. The number of piperidine rings is 1. The van der Waals surface area contributed by atoms with E-state index in [9.17, 15) is 4.79 Å². The third kappa shape index (κ3) is 4.95. The second-order valence-electron chi connectivity index (χ2n) is 8.02. The van der Waals surface area contributed by atoms with E-state index < -0.39 is 0 Å². The Balaban J connectivity index is 1.41. The van der Waals surface area contributed by atoms with Crippen molar-refractivity contribution in [1.29, 1.82) is 0 Å². The van der Waals surface area contributed by atoms with Crippen LogP contribution in [-0.4, -0.2) is 39.9 Å². The normalized spacial score (nSPS) is 15.2. The van der Waals surface area contributed by atoms with Gasteiger partial charge in [-0.3, -0.25) is 9.69 Å². The lowest BCUT2D eigenvalue weighted by atomic mass is 10.0. The average molecular weight is 457 g/mol. The first-order valence-electron chi connectivity index (χ1n) is 10.5. The first-order chi connectivity index (χ1) is 14.9. The zero-order chi connectivity index (χ0) is 22.0. The molecule has 31 heavy (non-hydrogen) atoms. The van der Waals surface area contributed by atoms with Crippen molar-refractivity contribution in [2.75, 3.05) is 18.0 Å². The second-order valence-corrected chi connectivity index (χ2v) is 8.83. The molecule has 0 atom stereocenters. The van der Waals surface area contributed by atoms with Gasteiger partial charge in [-0.25, -0.2) is 4.98 Å². The van der Waals surface area contributed by atoms with Crippen molar-refractivity contribution >= 4 is 34.8 Å². The van der Waals surface area contributed by atoms with Crippen molar-refractivity contribution in [3.63, 3.8) is 0 Å². The summed E-state index contributed by atoms with van der Waals surface area (Å²) in [6, 6.07) is 15.7. The number of anilines is 1. The molecular formula is C24H26Cl2N4O. The summed E-state index contributed by atoms with van der Waals surface area (Å²) in [6.45, 7) is 6.33. The maximum Gasteiger partial charge on any atom is 0.224 e. The summed E-state index contributed by atoms with van der Waals surface area (Å²) in [6.07, 6.45) is 1.88. The van der Waals surface area contributed by atoms with E-state index in [1.807, 2.05) is 54.3 Å². The lowest BCUT2D eigenvalue weighted by molar-refractivity contribution is -0.117. The van der Waals surface area contributed by atoms with E-state index in [2.05, 4.69) is 9.88 Å². The molecular weight excluding hydrogens is 431 g/mol. The molecule has 1 aliphatic heterocycles. The summed E-state index contributed by atoms with van der Waals surface area (Å²) in [7, 11) is 0. The van der Waals surface area contributed by atoms with Crippen LogP contribution in [0, 0.1) is 6.92 Å². The van der Waals surface area contributed by atoms with Crippen LogP contribution in [0.1, 0.15) is 31.2 Å². The summed E-state index contributed by atoms with van der Waals surface area (Å²) < 4.78 is 0. The number of carbonyl (C=O) groups excluding carboxylic acids is 1. The van der Waals surface area contributed by atoms with E-state index >= 15 is 0 Å². The van der Waals surface area contributed by atoms with Crippen LogP contribution in [0.3, 0.4) is 0 Å². The number of H-pyrrole nitrogens is 1. The molecule has 5 nitrogen and oxygen atoms in total. The smallest absolute Gasteiger partial charge is 0.224 e. The number of amides is 1. The number of aromatic amines is 1. The van der Waals surface area contributed by atoms with Gasteiger partial charge in [0.05, 0.1) is 15.7 Å². The van der Waals surface area contributed by atoms with Gasteiger partial charge in [0.25, 0.3) is 0 Å². The molecule has 1 amide bonds. The number of rotatable bonds is 5. The van der Waals surface area contributed by atoms with E-state index in [-0.39, 0.29) is 11.9 Å². The van der Waals surface area contributed by atoms with Crippen LogP contribution in [0.2, 0.25) is 10.0 Å². The van der Waals surface area contributed by atoms with E-state index in [1.54, 1.807) is 13.0 Å². The van der Waals surface area contributed by atoms with E-state index in [1.165, 1.54) is 0 Å². The highest BCUT2D eigenvalue weighted by atomic mass is 35.5. The molecule has 1 saturated heterocycles. The van der Waals surface area contributed by atoms with Crippen molar-refractivity contribution in [2.24, 2.45) is 0 Å². The molecule has 0 bridgehead atoms. The Labute approximate surface area is 193 Å². The number of aryl methyl sites for hydroxylation is 1. The Kier molecular flexibility index (Phi) is 6.65. The number of nitrogens with one attached hydrogen (secondary N) is 1. The van der Waals surface area contributed by atoms with Crippen LogP contribution in [0.25, 0.3) is 11.4 Å². The van der Waals surface area contributed by atoms with Crippen molar-refractivity contribution in [2.45, 2.75) is 39.3 Å². The molecule has 1 N–H and O–H groups in total. The molecule has 1 aliphatic rings. The van der Waals surface area contributed by atoms with Crippen LogP contribution in [0.4, 0.5) is 5.69 Å². The van der Waals surface area contributed by atoms with Crippen molar-refractivity contribution in [1.82, 2.24) is 14.9 Å². The highest BCUT2D eigenvalue weighted by molar-refractivity contribution is 6.42. The number of hydrogen-bond donors (Lipinski definition) is 1. The highest BCUT2D eigenvalue weighted by Gasteiger charge is 2.28. The first kappa shape index (κ1) is 21.9. The number of hydrogen-bond acceptors (Lipinski definition) is 3. The van der Waals surface area contributed by atoms with Gasteiger partial charge in [-0.2, -0.15) is 0 Å². The third-order valence-corrected chi connectivity index (χ3v) is 6.59. The molecule has 3 aromatic rings. The summed E-state index contributed by atoms with van der Waals surface area (Å²) in [5.41, 5.74) is 3.98.